The van der Waals surface area contributed by atoms with Gasteiger partial charge in [0.25, 0.3) is 0 Å². The van der Waals surface area contributed by atoms with Crippen molar-refractivity contribution in [2.45, 2.75) is 4.90 Å². The van der Waals surface area contributed by atoms with Crippen molar-refractivity contribution in [2.24, 2.45) is 0 Å². The standard InChI is InChI=1S/C6H4Cl2O3S.K.H/c7-3-1-4(8)6(9)5(2-3)12(10)11;;/h1-2,9H,(H,10,11);;/q;+1;-1. The Balaban J connectivity index is 0. The molecule has 0 aliphatic rings. The molecule has 0 saturated carbocycles. The van der Waals surface area contributed by atoms with Gasteiger partial charge in [-0.25, -0.2) is 4.21 Å². The molecule has 1 aromatic rings. The van der Waals surface area contributed by atoms with Gasteiger partial charge in [0, 0.05) is 5.02 Å². The number of hydrogen-bond donors (Lipinski definition) is 2. The quantitative estimate of drug-likeness (QED) is 0.527. The Morgan fingerprint density at radius 2 is 1.92 bits per heavy atom. The van der Waals surface area contributed by atoms with E-state index < -0.39 is 16.8 Å². The molecule has 1 rings (SSSR count). The van der Waals surface area contributed by atoms with Crippen molar-refractivity contribution in [3.8, 4) is 5.75 Å². The van der Waals surface area contributed by atoms with Gasteiger partial charge in [0.2, 0.25) is 0 Å². The molecule has 0 heterocycles. The number of benzene rings is 1. The Labute approximate surface area is 132 Å². The second-order valence-corrected chi connectivity index (χ2v) is 3.77. The smallest absolute Gasteiger partial charge is 1.00 e. The van der Waals surface area contributed by atoms with Crippen molar-refractivity contribution in [3.63, 3.8) is 0 Å². The first-order valence-electron chi connectivity index (χ1n) is 2.81. The van der Waals surface area contributed by atoms with Crippen LogP contribution in [0.2, 0.25) is 10.0 Å². The average Bonchev–Trinajstić information content (AvgIpc) is 1.96. The van der Waals surface area contributed by atoms with Crippen LogP contribution in [0.15, 0.2) is 17.0 Å². The molecule has 0 aromatic heterocycles. The van der Waals surface area contributed by atoms with Crippen LogP contribution >= 0.6 is 23.2 Å². The maximum Gasteiger partial charge on any atom is 1.00 e. The predicted molar refractivity (Wildman–Crippen MR) is 48.3 cm³/mol. The summed E-state index contributed by atoms with van der Waals surface area (Å²) in [5, 5.41) is 9.31. The summed E-state index contributed by atoms with van der Waals surface area (Å²) in [5.41, 5.74) is 0. The summed E-state index contributed by atoms with van der Waals surface area (Å²) in [5.74, 6) is -0.415. The van der Waals surface area contributed by atoms with Gasteiger partial charge in [-0.3, -0.25) is 0 Å². The van der Waals surface area contributed by atoms with Gasteiger partial charge in [0.1, 0.15) is 4.90 Å². The second kappa shape index (κ2) is 6.04. The van der Waals surface area contributed by atoms with Crippen LogP contribution in [0.1, 0.15) is 1.43 Å². The fraction of sp³-hybridized carbons (Fsp3) is 0. The Bertz CT molecular complexity index is 350. The molecule has 0 amide bonds. The van der Waals surface area contributed by atoms with Crippen molar-refractivity contribution in [1.82, 2.24) is 0 Å². The summed E-state index contributed by atoms with van der Waals surface area (Å²) in [4.78, 5) is -0.187. The molecular formula is C6H5Cl2KO3S. The Morgan fingerprint density at radius 1 is 1.38 bits per heavy atom. The third kappa shape index (κ3) is 3.77. The Kier molecular flexibility index (Phi) is 6.67. The fourth-order valence-electron chi connectivity index (χ4n) is 0.675. The SMILES string of the molecule is O=S(O)c1cc(Cl)cc(Cl)c1O.[H-].[K+]. The van der Waals surface area contributed by atoms with Gasteiger partial charge < -0.3 is 11.1 Å². The van der Waals surface area contributed by atoms with E-state index in [1.165, 1.54) is 12.1 Å². The van der Waals surface area contributed by atoms with Crippen LogP contribution in [0.5, 0.6) is 5.75 Å². The van der Waals surface area contributed by atoms with Crippen LogP contribution < -0.4 is 51.4 Å². The molecule has 0 fully saturated rings. The first-order valence-corrected chi connectivity index (χ1v) is 4.67. The van der Waals surface area contributed by atoms with E-state index in [9.17, 15) is 4.21 Å². The van der Waals surface area contributed by atoms with Gasteiger partial charge in [0.15, 0.2) is 16.8 Å². The van der Waals surface area contributed by atoms with Crippen LogP contribution in [0.4, 0.5) is 0 Å². The molecule has 0 radical (unpaired) electrons. The van der Waals surface area contributed by atoms with E-state index in [4.69, 9.17) is 32.9 Å². The maximum atomic E-state index is 10.6. The number of aromatic hydroxyl groups is 1. The summed E-state index contributed by atoms with van der Waals surface area (Å²) in [6, 6.07) is 2.47. The summed E-state index contributed by atoms with van der Waals surface area (Å²) < 4.78 is 19.2. The van der Waals surface area contributed by atoms with E-state index in [2.05, 4.69) is 0 Å². The van der Waals surface area contributed by atoms with Gasteiger partial charge in [-0.05, 0) is 12.1 Å². The van der Waals surface area contributed by atoms with E-state index in [1.807, 2.05) is 0 Å². The molecular weight excluding hydrogens is 262 g/mol. The molecule has 2 N–H and O–H groups in total. The zero-order chi connectivity index (χ0) is 9.30. The molecule has 0 bridgehead atoms. The van der Waals surface area contributed by atoms with Crippen molar-refractivity contribution in [3.05, 3.63) is 22.2 Å². The molecule has 1 atom stereocenters. The summed E-state index contributed by atoms with van der Waals surface area (Å²) in [6.45, 7) is 0. The van der Waals surface area contributed by atoms with Gasteiger partial charge in [-0.15, -0.1) is 0 Å². The third-order valence-electron chi connectivity index (χ3n) is 1.18. The molecule has 0 aliphatic heterocycles. The number of hydrogen-bond acceptors (Lipinski definition) is 2. The van der Waals surface area contributed by atoms with Crippen molar-refractivity contribution in [2.75, 3.05) is 0 Å². The zero-order valence-corrected chi connectivity index (χ0v) is 12.1. The van der Waals surface area contributed by atoms with Gasteiger partial charge in [-0.1, -0.05) is 23.2 Å². The molecule has 0 saturated heterocycles. The molecule has 3 nitrogen and oxygen atoms in total. The van der Waals surface area contributed by atoms with Crippen LogP contribution in [0.3, 0.4) is 0 Å². The Hall–Kier alpha value is 1.35. The molecule has 13 heavy (non-hydrogen) atoms. The van der Waals surface area contributed by atoms with Crippen molar-refractivity contribution >= 4 is 34.3 Å². The van der Waals surface area contributed by atoms with E-state index in [-0.39, 0.29) is 67.8 Å². The minimum absolute atomic E-state index is 0. The number of halogens is 2. The van der Waals surface area contributed by atoms with Crippen LogP contribution in [-0.2, 0) is 11.1 Å². The fourth-order valence-corrected chi connectivity index (χ4v) is 1.79. The molecule has 0 spiro atoms. The summed E-state index contributed by atoms with van der Waals surface area (Å²) >= 11 is 8.73. The topological polar surface area (TPSA) is 57.5 Å². The Morgan fingerprint density at radius 3 is 2.38 bits per heavy atom. The first-order chi connectivity index (χ1) is 5.52. The van der Waals surface area contributed by atoms with Crippen molar-refractivity contribution < 1.29 is 66.7 Å². The van der Waals surface area contributed by atoms with E-state index in [1.54, 1.807) is 0 Å². The largest absolute Gasteiger partial charge is 1.00 e. The molecule has 1 unspecified atom stereocenters. The number of phenolic OH excluding ortho intramolecular Hbond substituents is 1. The zero-order valence-electron chi connectivity index (χ0n) is 7.62. The number of phenols is 1. The monoisotopic (exact) mass is 266 g/mol. The summed E-state index contributed by atoms with van der Waals surface area (Å²) in [7, 11) is 0. The van der Waals surface area contributed by atoms with Gasteiger partial charge in [-0.2, -0.15) is 0 Å². The third-order valence-corrected chi connectivity index (χ3v) is 2.38. The minimum atomic E-state index is -2.28. The average molecular weight is 267 g/mol. The molecule has 1 aromatic carbocycles. The minimum Gasteiger partial charge on any atom is -1.00 e. The molecule has 68 valence electrons. The normalized spacial score (nSPS) is 11.9. The molecule has 7 heteroatoms. The second-order valence-electron chi connectivity index (χ2n) is 1.98. The van der Waals surface area contributed by atoms with Crippen LogP contribution in [-0.4, -0.2) is 13.9 Å². The van der Waals surface area contributed by atoms with Crippen molar-refractivity contribution in [1.29, 1.82) is 0 Å². The maximum absolute atomic E-state index is 10.6. The van der Waals surface area contributed by atoms with E-state index >= 15 is 0 Å². The van der Waals surface area contributed by atoms with Crippen LogP contribution in [0, 0.1) is 0 Å². The summed E-state index contributed by atoms with van der Waals surface area (Å²) in [6.07, 6.45) is 0. The van der Waals surface area contributed by atoms with E-state index in [0.717, 1.165) is 0 Å². The van der Waals surface area contributed by atoms with Gasteiger partial charge in [0.05, 0.1) is 5.02 Å². The van der Waals surface area contributed by atoms with Gasteiger partial charge >= 0.3 is 51.4 Å². The molecule has 0 aliphatic carbocycles. The van der Waals surface area contributed by atoms with Crippen LogP contribution in [0.25, 0.3) is 0 Å². The number of rotatable bonds is 1. The van der Waals surface area contributed by atoms with E-state index in [0.29, 0.717) is 0 Å². The first kappa shape index (κ1) is 14.3. The predicted octanol–water partition coefficient (Wildman–Crippen LogP) is -0.604.